The van der Waals surface area contributed by atoms with Crippen molar-refractivity contribution in [3.63, 3.8) is 0 Å². The van der Waals surface area contributed by atoms with E-state index in [0.717, 1.165) is 25.7 Å². The zero-order valence-corrected chi connectivity index (χ0v) is 37.5. The molecule has 0 heterocycles. The molecule has 0 aliphatic rings. The van der Waals surface area contributed by atoms with Gasteiger partial charge >= 0.3 is 0 Å². The minimum absolute atomic E-state index is 0.0910. The van der Waals surface area contributed by atoms with Crippen LogP contribution in [0.3, 0.4) is 0 Å². The van der Waals surface area contributed by atoms with Gasteiger partial charge in [-0.25, -0.2) is 0 Å². The van der Waals surface area contributed by atoms with Gasteiger partial charge in [0.25, 0.3) is 0 Å². The number of amides is 2. The standard InChI is InChI=1S/C48H90N6O2/c1-5-7-9-11-13-15-17-19-21-23-25-27-29-31-33-35-41-51-45(55)37-39-47(3,43-49)53-54-48(4,44-50)40-38-46(56)52-42-36-34-32-30-28-26-24-22-20-18-16-14-12-10-8-6-2/h5-42H2,1-4H3,(H,51,55)(H,52,56). The lowest BCUT2D eigenvalue weighted by molar-refractivity contribution is -0.122. The molecular weight excluding hydrogens is 693 g/mol. The van der Waals surface area contributed by atoms with E-state index in [0.29, 0.717) is 13.1 Å². The lowest BCUT2D eigenvalue weighted by Gasteiger charge is -2.19. The number of azo groups is 1. The molecule has 0 spiro atoms. The predicted octanol–water partition coefficient (Wildman–Crippen LogP) is 14.3. The summed E-state index contributed by atoms with van der Waals surface area (Å²) in [5, 5.41) is 34.0. The maximum Gasteiger partial charge on any atom is 0.220 e. The number of nitrogens with one attached hydrogen (secondary N) is 2. The molecule has 2 atom stereocenters. The van der Waals surface area contributed by atoms with Crippen molar-refractivity contribution >= 4 is 11.8 Å². The van der Waals surface area contributed by atoms with E-state index in [9.17, 15) is 20.1 Å². The van der Waals surface area contributed by atoms with Gasteiger partial charge in [-0.15, -0.1) is 0 Å². The van der Waals surface area contributed by atoms with E-state index in [1.54, 1.807) is 13.8 Å². The second kappa shape index (κ2) is 39.4. The van der Waals surface area contributed by atoms with Crippen molar-refractivity contribution < 1.29 is 9.59 Å². The van der Waals surface area contributed by atoms with Crippen LogP contribution in [0.25, 0.3) is 0 Å². The van der Waals surface area contributed by atoms with E-state index in [1.807, 2.05) is 0 Å². The molecule has 2 unspecified atom stereocenters. The molecule has 0 aliphatic heterocycles. The summed E-state index contributed by atoms with van der Waals surface area (Å²) in [5.74, 6) is -0.182. The summed E-state index contributed by atoms with van der Waals surface area (Å²) in [5.41, 5.74) is -2.42. The molecule has 2 amide bonds. The van der Waals surface area contributed by atoms with Gasteiger partial charge in [-0.05, 0) is 39.5 Å². The topological polar surface area (TPSA) is 130 Å². The van der Waals surface area contributed by atoms with Crippen LogP contribution >= 0.6 is 0 Å². The molecule has 0 aromatic carbocycles. The highest BCUT2D eigenvalue weighted by Crippen LogP contribution is 2.24. The molecular formula is C48H90N6O2. The fourth-order valence-corrected chi connectivity index (χ4v) is 7.17. The fourth-order valence-electron chi connectivity index (χ4n) is 7.17. The number of nitriles is 2. The van der Waals surface area contributed by atoms with Crippen LogP contribution in [0, 0.1) is 22.7 Å². The highest BCUT2D eigenvalue weighted by atomic mass is 16.2. The van der Waals surface area contributed by atoms with Crippen LogP contribution in [-0.4, -0.2) is 36.0 Å². The van der Waals surface area contributed by atoms with Gasteiger partial charge in [-0.1, -0.05) is 206 Å². The Hall–Kier alpha value is -2.48. The van der Waals surface area contributed by atoms with Gasteiger partial charge in [0, 0.05) is 25.9 Å². The summed E-state index contributed by atoms with van der Waals surface area (Å²) in [6.07, 6.45) is 43.0. The molecule has 8 heteroatoms. The van der Waals surface area contributed by atoms with Gasteiger partial charge in [0.2, 0.25) is 11.8 Å². The van der Waals surface area contributed by atoms with Gasteiger partial charge in [-0.2, -0.15) is 20.8 Å². The lowest BCUT2D eigenvalue weighted by Crippen LogP contribution is -2.30. The first-order chi connectivity index (χ1) is 27.2. The SMILES string of the molecule is CCCCCCCCCCCCCCCCCCNC(=O)CCC(C)(C#N)N=NC(C)(C#N)CCC(=O)NCCCCCCCCCCCCCCCCCC. The average molecular weight is 783 g/mol. The summed E-state index contributed by atoms with van der Waals surface area (Å²) in [4.78, 5) is 24.9. The first kappa shape index (κ1) is 53.5. The number of unbranched alkanes of at least 4 members (excludes halogenated alkanes) is 30. The van der Waals surface area contributed by atoms with Crippen LogP contribution in [0.15, 0.2) is 10.2 Å². The number of carbonyl (C=O) groups is 2. The zero-order valence-electron chi connectivity index (χ0n) is 37.5. The summed E-state index contributed by atoms with van der Waals surface area (Å²) in [6, 6.07) is 4.33. The van der Waals surface area contributed by atoms with Crippen molar-refractivity contribution in [3.05, 3.63) is 0 Å². The van der Waals surface area contributed by atoms with Gasteiger partial charge in [-0.3, -0.25) is 9.59 Å². The van der Waals surface area contributed by atoms with E-state index in [1.165, 1.54) is 180 Å². The monoisotopic (exact) mass is 783 g/mol. The maximum absolute atomic E-state index is 12.5. The van der Waals surface area contributed by atoms with Crippen LogP contribution in [0.4, 0.5) is 0 Å². The highest BCUT2D eigenvalue weighted by molar-refractivity contribution is 5.76. The molecule has 324 valence electrons. The fraction of sp³-hybridized carbons (Fsp3) is 0.917. The maximum atomic E-state index is 12.5. The third-order valence-electron chi connectivity index (χ3n) is 11.4. The molecule has 0 aromatic rings. The van der Waals surface area contributed by atoms with Gasteiger partial charge in [0.1, 0.15) is 0 Å². The smallest absolute Gasteiger partial charge is 0.220 e. The highest BCUT2D eigenvalue weighted by Gasteiger charge is 2.29. The second-order valence-corrected chi connectivity index (χ2v) is 17.3. The van der Waals surface area contributed by atoms with E-state index >= 15 is 0 Å². The first-order valence-corrected chi connectivity index (χ1v) is 24.0. The molecule has 0 aliphatic carbocycles. The lowest BCUT2D eigenvalue weighted by atomic mass is 9.97. The molecule has 8 nitrogen and oxygen atoms in total. The normalized spacial score (nSPS) is 13.5. The Bertz CT molecular complexity index is 956. The van der Waals surface area contributed by atoms with Crippen LogP contribution < -0.4 is 10.6 Å². The van der Waals surface area contributed by atoms with Gasteiger partial charge in [0.15, 0.2) is 11.1 Å². The van der Waals surface area contributed by atoms with Crippen molar-refractivity contribution in [1.82, 2.24) is 10.6 Å². The molecule has 0 saturated carbocycles. The third-order valence-corrected chi connectivity index (χ3v) is 11.4. The van der Waals surface area contributed by atoms with Crippen molar-refractivity contribution in [2.75, 3.05) is 13.1 Å². The molecule has 0 aromatic heterocycles. The van der Waals surface area contributed by atoms with E-state index in [2.05, 4.69) is 46.8 Å². The van der Waals surface area contributed by atoms with E-state index in [-0.39, 0.29) is 37.5 Å². The second-order valence-electron chi connectivity index (χ2n) is 17.3. The minimum atomic E-state index is -1.21. The van der Waals surface area contributed by atoms with Crippen LogP contribution in [-0.2, 0) is 9.59 Å². The largest absolute Gasteiger partial charge is 0.356 e. The Balaban J connectivity index is 3.94. The number of nitrogens with zero attached hydrogens (tertiary/aromatic N) is 4. The summed E-state index contributed by atoms with van der Waals surface area (Å²) in [7, 11) is 0. The van der Waals surface area contributed by atoms with Crippen LogP contribution in [0.1, 0.15) is 259 Å². The Morgan fingerprint density at radius 1 is 0.411 bits per heavy atom. The Morgan fingerprint density at radius 2 is 0.625 bits per heavy atom. The van der Waals surface area contributed by atoms with E-state index < -0.39 is 11.1 Å². The summed E-state index contributed by atoms with van der Waals surface area (Å²) < 4.78 is 0. The number of hydrogen-bond donors (Lipinski definition) is 2. The van der Waals surface area contributed by atoms with Crippen molar-refractivity contribution in [2.45, 2.75) is 270 Å². The minimum Gasteiger partial charge on any atom is -0.356 e. The Labute approximate surface area is 347 Å². The van der Waals surface area contributed by atoms with E-state index in [4.69, 9.17) is 0 Å². The summed E-state index contributed by atoms with van der Waals surface area (Å²) in [6.45, 7) is 9.13. The number of rotatable bonds is 42. The van der Waals surface area contributed by atoms with Gasteiger partial charge < -0.3 is 10.6 Å². The van der Waals surface area contributed by atoms with Crippen molar-refractivity contribution in [2.24, 2.45) is 10.2 Å². The molecule has 2 N–H and O–H groups in total. The quantitative estimate of drug-likeness (QED) is 0.0471. The Morgan fingerprint density at radius 3 is 0.839 bits per heavy atom. The molecule has 0 radical (unpaired) electrons. The average Bonchev–Trinajstić information content (AvgIpc) is 3.20. The van der Waals surface area contributed by atoms with Crippen molar-refractivity contribution in [3.8, 4) is 12.1 Å². The molecule has 0 fully saturated rings. The van der Waals surface area contributed by atoms with Crippen molar-refractivity contribution in [1.29, 1.82) is 10.5 Å². The Kier molecular flexibility index (Phi) is 37.6. The van der Waals surface area contributed by atoms with Crippen LogP contribution in [0.5, 0.6) is 0 Å². The van der Waals surface area contributed by atoms with Gasteiger partial charge in [0.05, 0.1) is 12.1 Å². The molecule has 0 bridgehead atoms. The number of carbonyl (C=O) groups excluding carboxylic acids is 2. The molecule has 0 saturated heterocycles. The number of hydrogen-bond acceptors (Lipinski definition) is 6. The third kappa shape index (κ3) is 35.9. The first-order valence-electron chi connectivity index (χ1n) is 24.0. The zero-order chi connectivity index (χ0) is 41.3. The predicted molar refractivity (Wildman–Crippen MR) is 236 cm³/mol. The van der Waals surface area contributed by atoms with Crippen LogP contribution in [0.2, 0.25) is 0 Å². The molecule has 56 heavy (non-hydrogen) atoms. The molecule has 0 rings (SSSR count). The summed E-state index contributed by atoms with van der Waals surface area (Å²) >= 11 is 0.